The second-order valence-electron chi connectivity index (χ2n) is 3.52. The summed E-state index contributed by atoms with van der Waals surface area (Å²) in [6.45, 7) is 3.40. The predicted molar refractivity (Wildman–Crippen MR) is 49.3 cm³/mol. The normalized spacial score (nSPS) is 22.2. The van der Waals surface area contributed by atoms with E-state index in [1.807, 2.05) is 6.92 Å². The van der Waals surface area contributed by atoms with Gasteiger partial charge in [0.25, 0.3) is 5.91 Å². The first kappa shape index (κ1) is 12.0. The van der Waals surface area contributed by atoms with Crippen LogP contribution >= 0.6 is 0 Å². The van der Waals surface area contributed by atoms with E-state index in [9.17, 15) is 18.0 Å². The van der Waals surface area contributed by atoms with E-state index >= 15 is 0 Å². The van der Waals surface area contributed by atoms with Gasteiger partial charge in [-0.3, -0.25) is 4.79 Å². The van der Waals surface area contributed by atoms with Gasteiger partial charge < -0.3 is 0 Å². The smallest absolute Gasteiger partial charge is 0.272 e. The quantitative estimate of drug-likeness (QED) is 0.720. The van der Waals surface area contributed by atoms with Crippen LogP contribution < -0.4 is 0 Å². The lowest BCUT2D eigenvalue weighted by atomic mass is 10.1. The molecule has 0 aromatic rings. The molecule has 1 aliphatic heterocycles. The average molecular weight is 222 g/mol. The molecule has 0 aliphatic carbocycles. The van der Waals surface area contributed by atoms with Gasteiger partial charge in [0.1, 0.15) is 0 Å². The van der Waals surface area contributed by atoms with E-state index in [0.717, 1.165) is 11.4 Å². The minimum Gasteiger partial charge on any atom is -0.272 e. The molecule has 0 bridgehead atoms. The second kappa shape index (κ2) is 4.20. The molecule has 1 aliphatic rings. The number of hydrazone groups is 1. The summed E-state index contributed by atoms with van der Waals surface area (Å²) >= 11 is 0. The Labute approximate surface area is 85.9 Å². The Hall–Kier alpha value is -1.07. The Balaban J connectivity index is 2.78. The summed E-state index contributed by atoms with van der Waals surface area (Å²) in [4.78, 5) is 11.4. The Morgan fingerprint density at radius 1 is 1.47 bits per heavy atom. The zero-order valence-corrected chi connectivity index (χ0v) is 8.64. The van der Waals surface area contributed by atoms with Gasteiger partial charge in [-0.25, -0.2) is 5.01 Å². The third-order valence-electron chi connectivity index (χ3n) is 2.28. The van der Waals surface area contributed by atoms with Crippen molar-refractivity contribution in [3.05, 3.63) is 0 Å². The number of unbranched alkanes of at least 4 members (excludes halogenated alkanes) is 1. The fourth-order valence-electron chi connectivity index (χ4n) is 1.38. The van der Waals surface area contributed by atoms with Crippen LogP contribution in [-0.2, 0) is 4.79 Å². The molecule has 0 aromatic heterocycles. The van der Waals surface area contributed by atoms with Crippen LogP contribution in [0, 0.1) is 5.92 Å². The zero-order chi connectivity index (χ0) is 11.6. The summed E-state index contributed by atoms with van der Waals surface area (Å²) in [7, 11) is 0. The minimum absolute atomic E-state index is 0.263. The van der Waals surface area contributed by atoms with E-state index < -0.39 is 23.7 Å². The Bertz CT molecular complexity index is 286. The van der Waals surface area contributed by atoms with Crippen molar-refractivity contribution in [3.8, 4) is 0 Å². The molecule has 1 amide bonds. The van der Waals surface area contributed by atoms with Gasteiger partial charge in [0.2, 0.25) is 0 Å². The van der Waals surface area contributed by atoms with Crippen molar-refractivity contribution >= 4 is 11.6 Å². The van der Waals surface area contributed by atoms with E-state index in [1.54, 1.807) is 0 Å². The highest BCUT2D eigenvalue weighted by atomic mass is 19.4. The molecule has 1 atom stereocenters. The monoisotopic (exact) mass is 222 g/mol. The molecule has 0 radical (unpaired) electrons. The summed E-state index contributed by atoms with van der Waals surface area (Å²) < 4.78 is 37.1. The molecule has 0 saturated carbocycles. The number of hydrogen-bond acceptors (Lipinski definition) is 2. The van der Waals surface area contributed by atoms with Crippen molar-refractivity contribution in [1.29, 1.82) is 0 Å². The van der Waals surface area contributed by atoms with Gasteiger partial charge in [-0.15, -0.1) is 0 Å². The molecular weight excluding hydrogens is 209 g/mol. The number of carbonyl (C=O) groups excluding carboxylic acids is 1. The molecular formula is C9H13F3N2O. The molecule has 0 N–H and O–H groups in total. The molecule has 0 spiro atoms. The summed E-state index contributed by atoms with van der Waals surface area (Å²) in [5, 5.41) is 4.26. The molecule has 1 rings (SSSR count). The molecule has 6 heteroatoms. The fraction of sp³-hybridized carbons (Fsp3) is 0.778. The highest BCUT2D eigenvalue weighted by molar-refractivity contribution is 6.10. The average Bonchev–Trinajstić information content (AvgIpc) is 2.41. The summed E-state index contributed by atoms with van der Waals surface area (Å²) in [5.41, 5.74) is -0.983. The van der Waals surface area contributed by atoms with Crippen molar-refractivity contribution in [2.75, 3.05) is 6.54 Å². The van der Waals surface area contributed by atoms with Crippen LogP contribution in [0.1, 0.15) is 26.7 Å². The van der Waals surface area contributed by atoms with Crippen LogP contribution in [0.3, 0.4) is 0 Å². The van der Waals surface area contributed by atoms with Gasteiger partial charge in [0.15, 0.2) is 5.71 Å². The minimum atomic E-state index is -4.50. The number of carbonyl (C=O) groups is 1. The largest absolute Gasteiger partial charge is 0.431 e. The zero-order valence-electron chi connectivity index (χ0n) is 8.64. The maximum Gasteiger partial charge on any atom is 0.431 e. The third-order valence-corrected chi connectivity index (χ3v) is 2.28. The van der Waals surface area contributed by atoms with Crippen LogP contribution in [-0.4, -0.2) is 29.3 Å². The van der Waals surface area contributed by atoms with Gasteiger partial charge in [0.05, 0.1) is 5.92 Å². The lowest BCUT2D eigenvalue weighted by molar-refractivity contribution is -0.131. The van der Waals surface area contributed by atoms with Crippen LogP contribution in [0.4, 0.5) is 13.2 Å². The number of hydrogen-bond donors (Lipinski definition) is 0. The molecule has 0 saturated heterocycles. The van der Waals surface area contributed by atoms with E-state index in [4.69, 9.17) is 0 Å². The van der Waals surface area contributed by atoms with Gasteiger partial charge >= 0.3 is 6.18 Å². The van der Waals surface area contributed by atoms with E-state index in [-0.39, 0.29) is 6.54 Å². The third kappa shape index (κ3) is 2.49. The van der Waals surface area contributed by atoms with Crippen LogP contribution in [0.15, 0.2) is 5.10 Å². The van der Waals surface area contributed by atoms with Gasteiger partial charge in [-0.2, -0.15) is 18.3 Å². The summed E-state index contributed by atoms with van der Waals surface area (Å²) in [5.74, 6) is -1.72. The number of alkyl halides is 3. The molecule has 0 aromatic carbocycles. The Morgan fingerprint density at radius 2 is 2.07 bits per heavy atom. The Morgan fingerprint density at radius 3 is 2.47 bits per heavy atom. The van der Waals surface area contributed by atoms with Crippen molar-refractivity contribution < 1.29 is 18.0 Å². The van der Waals surface area contributed by atoms with Crippen LogP contribution in [0.25, 0.3) is 0 Å². The van der Waals surface area contributed by atoms with Gasteiger partial charge in [0, 0.05) is 6.54 Å². The second-order valence-corrected chi connectivity index (χ2v) is 3.52. The van der Waals surface area contributed by atoms with E-state index in [2.05, 4.69) is 5.10 Å². The fourth-order valence-corrected chi connectivity index (χ4v) is 1.38. The number of rotatable bonds is 3. The maximum absolute atomic E-state index is 12.4. The first-order valence-electron chi connectivity index (χ1n) is 4.85. The lowest BCUT2D eigenvalue weighted by Crippen LogP contribution is -2.31. The molecule has 0 fully saturated rings. The van der Waals surface area contributed by atoms with E-state index in [0.29, 0.717) is 6.42 Å². The van der Waals surface area contributed by atoms with Gasteiger partial charge in [-0.05, 0) is 13.3 Å². The number of amides is 1. The maximum atomic E-state index is 12.4. The van der Waals surface area contributed by atoms with Crippen molar-refractivity contribution in [2.45, 2.75) is 32.9 Å². The molecule has 1 unspecified atom stereocenters. The summed E-state index contributed by atoms with van der Waals surface area (Å²) in [6, 6.07) is 0. The SMILES string of the molecule is CCCCN1N=C(C(F)(F)F)C(C)C1=O. The lowest BCUT2D eigenvalue weighted by Gasteiger charge is -2.11. The molecule has 1 heterocycles. The van der Waals surface area contributed by atoms with Crippen molar-refractivity contribution in [3.63, 3.8) is 0 Å². The standard InChI is InChI=1S/C9H13F3N2O/c1-3-4-5-14-8(15)6(2)7(13-14)9(10,11)12/h6H,3-5H2,1-2H3. The highest BCUT2D eigenvalue weighted by Gasteiger charge is 2.47. The number of nitrogens with zero attached hydrogens (tertiary/aromatic N) is 2. The van der Waals surface area contributed by atoms with Gasteiger partial charge in [-0.1, -0.05) is 13.3 Å². The first-order chi connectivity index (χ1) is 6.88. The summed E-state index contributed by atoms with van der Waals surface area (Å²) in [6.07, 6.45) is -3.03. The number of halogens is 3. The molecule has 3 nitrogen and oxygen atoms in total. The van der Waals surface area contributed by atoms with Crippen molar-refractivity contribution in [2.24, 2.45) is 11.0 Å². The Kier molecular flexibility index (Phi) is 3.36. The first-order valence-corrected chi connectivity index (χ1v) is 4.85. The molecule has 15 heavy (non-hydrogen) atoms. The molecule has 86 valence electrons. The van der Waals surface area contributed by atoms with E-state index in [1.165, 1.54) is 6.92 Å². The predicted octanol–water partition coefficient (Wildman–Crippen LogP) is 2.18. The van der Waals surface area contributed by atoms with Crippen LogP contribution in [0.2, 0.25) is 0 Å². The van der Waals surface area contributed by atoms with Crippen LogP contribution in [0.5, 0.6) is 0 Å². The topological polar surface area (TPSA) is 32.7 Å². The van der Waals surface area contributed by atoms with Crippen molar-refractivity contribution in [1.82, 2.24) is 5.01 Å². The highest BCUT2D eigenvalue weighted by Crippen LogP contribution is 2.28.